The van der Waals surface area contributed by atoms with Gasteiger partial charge in [0.2, 0.25) is 0 Å². The molecule has 1 heterocycles. The number of nitrogens with zero attached hydrogens (tertiary/aromatic N) is 1. The number of anilines is 1. The van der Waals surface area contributed by atoms with Crippen LogP contribution in [0.25, 0.3) is 10.6 Å². The zero-order chi connectivity index (χ0) is 16.1. The molecular formula is C18H23N3OS. The van der Waals surface area contributed by atoms with Crippen LogP contribution in [0.5, 0.6) is 0 Å². The second-order valence-electron chi connectivity index (χ2n) is 6.16. The zero-order valence-electron chi connectivity index (χ0n) is 13.5. The highest BCUT2D eigenvalue weighted by molar-refractivity contribution is 7.13. The number of aryl methyl sites for hydroxylation is 1. The molecule has 4 nitrogen and oxygen atoms in total. The lowest BCUT2D eigenvalue weighted by atomic mass is 10.1. The number of urea groups is 1. The minimum Gasteiger partial charge on any atom is -0.335 e. The fourth-order valence-corrected chi connectivity index (χ4v) is 3.76. The quantitative estimate of drug-likeness (QED) is 0.782. The topological polar surface area (TPSA) is 54.0 Å². The van der Waals surface area contributed by atoms with Crippen LogP contribution < -0.4 is 10.6 Å². The Morgan fingerprint density at radius 2 is 1.83 bits per heavy atom. The number of thiazole rings is 1. The Morgan fingerprint density at radius 1 is 1.13 bits per heavy atom. The van der Waals surface area contributed by atoms with Crippen LogP contribution in [-0.2, 0) is 0 Å². The van der Waals surface area contributed by atoms with Crippen LogP contribution in [0.15, 0.2) is 29.6 Å². The molecule has 3 rings (SSSR count). The van der Waals surface area contributed by atoms with Gasteiger partial charge in [-0.15, -0.1) is 11.3 Å². The first-order valence-electron chi connectivity index (χ1n) is 8.31. The largest absolute Gasteiger partial charge is 0.335 e. The summed E-state index contributed by atoms with van der Waals surface area (Å²) in [6.45, 7) is 1.99. The van der Waals surface area contributed by atoms with Gasteiger partial charge >= 0.3 is 6.03 Å². The van der Waals surface area contributed by atoms with Crippen molar-refractivity contribution in [1.82, 2.24) is 10.3 Å². The summed E-state index contributed by atoms with van der Waals surface area (Å²) < 4.78 is 0. The number of carbonyl (C=O) groups is 1. The molecule has 2 N–H and O–H groups in total. The predicted molar refractivity (Wildman–Crippen MR) is 95.9 cm³/mol. The number of hydrogen-bond acceptors (Lipinski definition) is 3. The summed E-state index contributed by atoms with van der Waals surface area (Å²) in [6.07, 6.45) is 7.19. The monoisotopic (exact) mass is 329 g/mol. The molecule has 23 heavy (non-hydrogen) atoms. The van der Waals surface area contributed by atoms with Crippen molar-refractivity contribution in [2.45, 2.75) is 51.5 Å². The van der Waals surface area contributed by atoms with Crippen LogP contribution in [0.2, 0.25) is 0 Å². The van der Waals surface area contributed by atoms with Crippen LogP contribution in [0, 0.1) is 6.92 Å². The highest BCUT2D eigenvalue weighted by Gasteiger charge is 2.14. The van der Waals surface area contributed by atoms with Crippen LogP contribution in [-0.4, -0.2) is 17.1 Å². The lowest BCUT2D eigenvalue weighted by Crippen LogP contribution is -2.37. The van der Waals surface area contributed by atoms with Crippen molar-refractivity contribution >= 4 is 23.1 Å². The summed E-state index contributed by atoms with van der Waals surface area (Å²) in [5.74, 6) is 0. The van der Waals surface area contributed by atoms with Gasteiger partial charge in [-0.25, -0.2) is 9.78 Å². The molecular weight excluding hydrogens is 306 g/mol. The first-order valence-corrected chi connectivity index (χ1v) is 9.19. The third-order valence-corrected chi connectivity index (χ3v) is 5.21. The van der Waals surface area contributed by atoms with Crippen molar-refractivity contribution in [2.24, 2.45) is 0 Å². The predicted octanol–water partition coefficient (Wildman–Crippen LogP) is 4.96. The molecule has 1 fully saturated rings. The summed E-state index contributed by atoms with van der Waals surface area (Å²) in [7, 11) is 0. The van der Waals surface area contributed by atoms with E-state index in [0.29, 0.717) is 6.04 Å². The molecule has 0 unspecified atom stereocenters. The lowest BCUT2D eigenvalue weighted by Gasteiger charge is -2.16. The fraction of sp³-hybridized carbons (Fsp3) is 0.444. The second kappa shape index (κ2) is 7.59. The van der Waals surface area contributed by atoms with Gasteiger partial charge in [0, 0.05) is 28.4 Å². The molecule has 1 aliphatic carbocycles. The van der Waals surface area contributed by atoms with Gasteiger partial charge in [0.25, 0.3) is 0 Å². The van der Waals surface area contributed by atoms with E-state index in [4.69, 9.17) is 0 Å². The average Bonchev–Trinajstić information content (AvgIpc) is 2.81. The van der Waals surface area contributed by atoms with Gasteiger partial charge in [-0.3, -0.25) is 0 Å². The molecule has 0 radical (unpaired) electrons. The van der Waals surface area contributed by atoms with E-state index in [9.17, 15) is 4.79 Å². The number of carbonyl (C=O) groups excluding carboxylic acids is 1. The van der Waals surface area contributed by atoms with Crippen LogP contribution in [0.3, 0.4) is 0 Å². The molecule has 5 heteroatoms. The Balaban J connectivity index is 1.56. The molecule has 1 aromatic carbocycles. The number of nitrogens with one attached hydrogen (secondary N) is 2. The maximum Gasteiger partial charge on any atom is 0.319 e. The van der Waals surface area contributed by atoms with Gasteiger partial charge in [-0.1, -0.05) is 25.7 Å². The lowest BCUT2D eigenvalue weighted by molar-refractivity contribution is 0.247. The molecule has 0 aliphatic heterocycles. The van der Waals surface area contributed by atoms with Crippen molar-refractivity contribution < 1.29 is 4.79 Å². The van der Waals surface area contributed by atoms with E-state index >= 15 is 0 Å². The molecule has 2 aromatic rings. The Kier molecular flexibility index (Phi) is 5.28. The van der Waals surface area contributed by atoms with Gasteiger partial charge < -0.3 is 10.6 Å². The molecule has 2 amide bonds. The highest BCUT2D eigenvalue weighted by atomic mass is 32.1. The standard InChI is InChI=1S/C18H23N3OS/c1-13-12-23-17(19-13)14-8-10-16(11-9-14)21-18(22)20-15-6-4-2-3-5-7-15/h8-12,15H,2-7H2,1H3,(H2,20,21,22). The van der Waals surface area contributed by atoms with Gasteiger partial charge in [-0.2, -0.15) is 0 Å². The molecule has 0 bridgehead atoms. The van der Waals surface area contributed by atoms with Gasteiger partial charge in [0.15, 0.2) is 0 Å². The number of aromatic nitrogens is 1. The van der Waals surface area contributed by atoms with E-state index < -0.39 is 0 Å². The highest BCUT2D eigenvalue weighted by Crippen LogP contribution is 2.25. The minimum absolute atomic E-state index is 0.102. The van der Waals surface area contributed by atoms with Crippen LogP contribution >= 0.6 is 11.3 Å². The molecule has 0 atom stereocenters. The van der Waals surface area contributed by atoms with Crippen LogP contribution in [0.4, 0.5) is 10.5 Å². The average molecular weight is 329 g/mol. The maximum absolute atomic E-state index is 12.1. The van der Waals surface area contributed by atoms with Crippen molar-refractivity contribution in [3.8, 4) is 10.6 Å². The number of benzene rings is 1. The summed E-state index contributed by atoms with van der Waals surface area (Å²) in [5.41, 5.74) is 2.93. The zero-order valence-corrected chi connectivity index (χ0v) is 14.3. The minimum atomic E-state index is -0.102. The number of amides is 2. The van der Waals surface area contributed by atoms with Crippen molar-refractivity contribution in [3.05, 3.63) is 35.3 Å². The fourth-order valence-electron chi connectivity index (χ4n) is 2.96. The molecule has 1 aromatic heterocycles. The first-order chi connectivity index (χ1) is 11.2. The Labute approximate surface area is 141 Å². The van der Waals surface area contributed by atoms with Crippen molar-refractivity contribution in [3.63, 3.8) is 0 Å². The Bertz CT molecular complexity index is 643. The third kappa shape index (κ3) is 4.55. The Morgan fingerprint density at radius 3 is 2.43 bits per heavy atom. The normalized spacial score (nSPS) is 15.9. The van der Waals surface area contributed by atoms with Crippen LogP contribution in [0.1, 0.15) is 44.2 Å². The molecule has 0 spiro atoms. The molecule has 122 valence electrons. The SMILES string of the molecule is Cc1csc(-c2ccc(NC(=O)NC3CCCCCC3)cc2)n1. The number of hydrogen-bond donors (Lipinski definition) is 2. The van der Waals surface area contributed by atoms with E-state index in [0.717, 1.165) is 34.8 Å². The van der Waals surface area contributed by atoms with Crippen molar-refractivity contribution in [1.29, 1.82) is 0 Å². The van der Waals surface area contributed by atoms with E-state index in [1.165, 1.54) is 25.7 Å². The molecule has 1 aliphatic rings. The third-order valence-electron chi connectivity index (χ3n) is 4.20. The van der Waals surface area contributed by atoms with E-state index in [-0.39, 0.29) is 6.03 Å². The Hall–Kier alpha value is -1.88. The van der Waals surface area contributed by atoms with Gasteiger partial charge in [0.05, 0.1) is 0 Å². The summed E-state index contributed by atoms with van der Waals surface area (Å²) >= 11 is 1.64. The van der Waals surface area contributed by atoms with Gasteiger partial charge in [0.1, 0.15) is 5.01 Å². The molecule has 1 saturated carbocycles. The smallest absolute Gasteiger partial charge is 0.319 e. The first kappa shape index (κ1) is 16.0. The molecule has 0 saturated heterocycles. The van der Waals surface area contributed by atoms with E-state index in [2.05, 4.69) is 15.6 Å². The van der Waals surface area contributed by atoms with Crippen molar-refractivity contribution in [2.75, 3.05) is 5.32 Å². The van der Waals surface area contributed by atoms with Gasteiger partial charge in [-0.05, 0) is 44.0 Å². The summed E-state index contributed by atoms with van der Waals surface area (Å²) in [6, 6.07) is 8.07. The van der Waals surface area contributed by atoms with E-state index in [1.807, 2.05) is 36.6 Å². The van der Waals surface area contributed by atoms with E-state index in [1.54, 1.807) is 11.3 Å². The summed E-state index contributed by atoms with van der Waals surface area (Å²) in [4.78, 5) is 16.6. The second-order valence-corrected chi connectivity index (χ2v) is 7.02. The number of rotatable bonds is 3. The maximum atomic E-state index is 12.1. The summed E-state index contributed by atoms with van der Waals surface area (Å²) in [5, 5.41) is 9.08.